The zero-order chi connectivity index (χ0) is 16.5. The van der Waals surface area contributed by atoms with E-state index in [1.165, 1.54) is 0 Å². The highest BCUT2D eigenvalue weighted by Crippen LogP contribution is 2.08. The van der Waals surface area contributed by atoms with Crippen molar-refractivity contribution < 1.29 is 33.8 Å². The molecule has 0 aromatic carbocycles. The van der Waals surface area contributed by atoms with Crippen LogP contribution >= 0.6 is 0 Å². The molecule has 0 bridgehead atoms. The lowest BCUT2D eigenvalue weighted by molar-refractivity contribution is -0.887. The van der Waals surface area contributed by atoms with Crippen LogP contribution in [-0.4, -0.2) is 79.7 Å². The maximum absolute atomic E-state index is 11.1. The summed E-state index contributed by atoms with van der Waals surface area (Å²) in [6.07, 6.45) is 0.490. The number of aliphatic hydroxyl groups is 1. The molecule has 0 rings (SSSR count). The number of quaternary nitrogens is 1. The molecule has 0 heterocycles. The van der Waals surface area contributed by atoms with Crippen molar-refractivity contribution in [1.29, 1.82) is 0 Å². The van der Waals surface area contributed by atoms with Crippen molar-refractivity contribution in [2.75, 3.05) is 41.0 Å². The van der Waals surface area contributed by atoms with Crippen LogP contribution in [0.5, 0.6) is 0 Å². The van der Waals surface area contributed by atoms with E-state index >= 15 is 0 Å². The highest BCUT2D eigenvalue weighted by Gasteiger charge is 2.30. The molecule has 124 valence electrons. The van der Waals surface area contributed by atoms with Crippen molar-refractivity contribution in [2.24, 2.45) is 0 Å². The Morgan fingerprint density at radius 2 is 1.81 bits per heavy atom. The molecule has 7 nitrogen and oxygen atoms in total. The van der Waals surface area contributed by atoms with Gasteiger partial charge in [-0.05, 0) is 6.42 Å². The second-order valence-electron chi connectivity index (χ2n) is 5.92. The lowest BCUT2D eigenvalue weighted by Gasteiger charge is -2.31. The van der Waals surface area contributed by atoms with E-state index in [2.05, 4.69) is 0 Å². The van der Waals surface area contributed by atoms with E-state index < -0.39 is 18.1 Å². The summed E-state index contributed by atoms with van der Waals surface area (Å²) in [6.45, 7) is 2.01. The number of nitrogens with zero attached hydrogens (tertiary/aromatic N) is 1. The summed E-state index contributed by atoms with van der Waals surface area (Å²) in [5, 5.41) is 18.7. The van der Waals surface area contributed by atoms with Gasteiger partial charge in [0.2, 0.25) is 0 Å². The van der Waals surface area contributed by atoms with Crippen LogP contribution < -0.4 is 0 Å². The first-order valence-electron chi connectivity index (χ1n) is 7.13. The molecule has 0 spiro atoms. The minimum Gasteiger partial charge on any atom is -0.477 e. The van der Waals surface area contributed by atoms with Crippen LogP contribution in [0.1, 0.15) is 26.2 Å². The Kier molecular flexibility index (Phi) is 9.16. The first kappa shape index (κ1) is 19.8. The number of carboxylic acids is 1. The summed E-state index contributed by atoms with van der Waals surface area (Å²) in [6, 6.07) is -0.565. The van der Waals surface area contributed by atoms with Crippen molar-refractivity contribution in [3.8, 4) is 0 Å². The molecule has 0 aromatic rings. The lowest BCUT2D eigenvalue weighted by atomic mass is 10.1. The molecule has 0 saturated carbocycles. The number of carbonyl (C=O) groups excluding carboxylic acids is 1. The number of ether oxygens (including phenoxy) is 2. The highest BCUT2D eigenvalue weighted by atomic mass is 16.5. The normalized spacial score (nSPS) is 14.5. The van der Waals surface area contributed by atoms with Gasteiger partial charge in [0.25, 0.3) is 0 Å². The topological polar surface area (TPSA) is 93.1 Å². The third-order valence-electron chi connectivity index (χ3n) is 2.96. The van der Waals surface area contributed by atoms with Crippen molar-refractivity contribution in [3.63, 3.8) is 0 Å². The standard InChI is InChI=1S/C14H27NO6/c1-5-6-13(17)21-10-11(16)9-20-8-7-12(14(18)19)15(2,3)4/h11-12,16H,5-10H2,1-4H3/p+1. The van der Waals surface area contributed by atoms with Crippen LogP contribution in [0.3, 0.4) is 0 Å². The minimum atomic E-state index is -0.891. The first-order valence-corrected chi connectivity index (χ1v) is 7.13. The predicted octanol–water partition coefficient (Wildman–Crippen LogP) is 0.257. The Labute approximate surface area is 126 Å². The molecule has 21 heavy (non-hydrogen) atoms. The number of likely N-dealkylation sites (N-methyl/N-ethyl adjacent to an activating group) is 1. The molecule has 0 saturated heterocycles. The zero-order valence-corrected chi connectivity index (χ0v) is 13.4. The van der Waals surface area contributed by atoms with Crippen LogP contribution in [0.2, 0.25) is 0 Å². The number of esters is 1. The number of carbonyl (C=O) groups is 2. The quantitative estimate of drug-likeness (QED) is 0.323. The van der Waals surface area contributed by atoms with Gasteiger partial charge in [0, 0.05) is 12.8 Å². The molecule has 0 aliphatic carbocycles. The van der Waals surface area contributed by atoms with Gasteiger partial charge in [0.15, 0.2) is 6.04 Å². The third-order valence-corrected chi connectivity index (χ3v) is 2.96. The summed E-state index contributed by atoms with van der Waals surface area (Å²) in [4.78, 5) is 22.2. The van der Waals surface area contributed by atoms with Crippen LogP contribution in [0.15, 0.2) is 0 Å². The van der Waals surface area contributed by atoms with E-state index in [4.69, 9.17) is 14.6 Å². The van der Waals surface area contributed by atoms with Gasteiger partial charge in [-0.3, -0.25) is 4.79 Å². The summed E-state index contributed by atoms with van der Waals surface area (Å²) in [5.74, 6) is -1.22. The molecule has 0 fully saturated rings. The fraction of sp³-hybridized carbons (Fsp3) is 0.857. The second kappa shape index (κ2) is 9.70. The van der Waals surface area contributed by atoms with Gasteiger partial charge < -0.3 is 24.2 Å². The van der Waals surface area contributed by atoms with Crippen LogP contribution in [0.4, 0.5) is 0 Å². The molecule has 7 heteroatoms. The van der Waals surface area contributed by atoms with Gasteiger partial charge in [-0.1, -0.05) is 6.92 Å². The van der Waals surface area contributed by atoms with Gasteiger partial charge in [-0.15, -0.1) is 0 Å². The van der Waals surface area contributed by atoms with Crippen LogP contribution in [-0.2, 0) is 19.1 Å². The van der Waals surface area contributed by atoms with Crippen molar-refractivity contribution in [3.05, 3.63) is 0 Å². The molecule has 0 aromatic heterocycles. The maximum Gasteiger partial charge on any atom is 0.362 e. The second-order valence-corrected chi connectivity index (χ2v) is 5.92. The fourth-order valence-electron chi connectivity index (χ4n) is 1.77. The summed E-state index contributed by atoms with van der Waals surface area (Å²) in [7, 11) is 5.42. The molecule has 2 N–H and O–H groups in total. The third kappa shape index (κ3) is 9.38. The molecule has 2 atom stereocenters. The number of aliphatic hydroxyl groups excluding tert-OH is 1. The average Bonchev–Trinajstić information content (AvgIpc) is 2.34. The Morgan fingerprint density at radius 3 is 2.29 bits per heavy atom. The Bertz CT molecular complexity index is 326. The van der Waals surface area contributed by atoms with Crippen molar-refractivity contribution in [1.82, 2.24) is 0 Å². The van der Waals surface area contributed by atoms with E-state index in [-0.39, 0.29) is 25.8 Å². The maximum atomic E-state index is 11.1. The molecular weight excluding hydrogens is 278 g/mol. The first-order chi connectivity index (χ1) is 9.68. The number of carboxylic acid groups (broad SMARTS) is 1. The minimum absolute atomic E-state index is 0.0168. The SMILES string of the molecule is CCCC(=O)OCC(O)COCCC(C(=O)O)[N+](C)(C)C. The molecular formula is C14H28NO6+. The summed E-state index contributed by atoms with van der Waals surface area (Å²) < 4.78 is 10.4. The lowest BCUT2D eigenvalue weighted by Crippen LogP contribution is -2.50. The van der Waals surface area contributed by atoms with E-state index in [0.717, 1.165) is 0 Å². The number of hydrogen-bond donors (Lipinski definition) is 2. The van der Waals surface area contributed by atoms with Crippen LogP contribution in [0.25, 0.3) is 0 Å². The number of aliphatic carboxylic acids is 1. The van der Waals surface area contributed by atoms with Crippen LogP contribution in [0, 0.1) is 0 Å². The average molecular weight is 306 g/mol. The monoisotopic (exact) mass is 306 g/mol. The zero-order valence-electron chi connectivity index (χ0n) is 13.4. The fourth-order valence-corrected chi connectivity index (χ4v) is 1.77. The molecule has 0 aliphatic heterocycles. The Morgan fingerprint density at radius 1 is 1.19 bits per heavy atom. The number of rotatable bonds is 11. The molecule has 0 aliphatic rings. The van der Waals surface area contributed by atoms with Gasteiger partial charge >= 0.3 is 11.9 Å². The smallest absolute Gasteiger partial charge is 0.362 e. The van der Waals surface area contributed by atoms with Gasteiger partial charge in [0.05, 0.1) is 34.4 Å². The van der Waals surface area contributed by atoms with E-state index in [1.807, 2.05) is 6.92 Å². The highest BCUT2D eigenvalue weighted by molar-refractivity contribution is 5.72. The molecule has 2 unspecified atom stereocenters. The van der Waals surface area contributed by atoms with Crippen molar-refractivity contribution >= 4 is 11.9 Å². The Balaban J connectivity index is 3.88. The van der Waals surface area contributed by atoms with Gasteiger partial charge in [0.1, 0.15) is 12.7 Å². The van der Waals surface area contributed by atoms with E-state index in [9.17, 15) is 14.7 Å². The predicted molar refractivity (Wildman–Crippen MR) is 76.8 cm³/mol. The summed E-state index contributed by atoms with van der Waals surface area (Å²) >= 11 is 0. The summed E-state index contributed by atoms with van der Waals surface area (Å²) in [5.41, 5.74) is 0. The molecule has 0 amide bonds. The largest absolute Gasteiger partial charge is 0.477 e. The van der Waals surface area contributed by atoms with Gasteiger partial charge in [-0.25, -0.2) is 4.79 Å². The molecule has 0 radical (unpaired) electrons. The Hall–Kier alpha value is -1.18. The number of hydrogen-bond acceptors (Lipinski definition) is 5. The van der Waals surface area contributed by atoms with Crippen molar-refractivity contribution in [2.45, 2.75) is 38.3 Å². The van der Waals surface area contributed by atoms with Gasteiger partial charge in [-0.2, -0.15) is 0 Å². The van der Waals surface area contributed by atoms with E-state index in [0.29, 0.717) is 23.7 Å². The van der Waals surface area contributed by atoms with E-state index in [1.54, 1.807) is 21.1 Å².